The molecule has 0 amide bonds. The Morgan fingerprint density at radius 2 is 1.17 bits per heavy atom. The van der Waals surface area contributed by atoms with Gasteiger partial charge in [-0.25, -0.2) is 0 Å². The first-order valence-corrected chi connectivity index (χ1v) is 3.74. The highest BCUT2D eigenvalue weighted by molar-refractivity contribution is 6.36. The molecule has 0 heterocycles. The Morgan fingerprint density at radius 1 is 0.833 bits per heavy atom. The highest BCUT2D eigenvalue weighted by Crippen LogP contribution is 2.27. The Balaban J connectivity index is 3.60. The molecule has 1 aromatic carbocycles. The van der Waals surface area contributed by atoms with Gasteiger partial charge < -0.3 is 10.2 Å². The van der Waals surface area contributed by atoms with Crippen LogP contribution in [0.4, 0.5) is 0 Å². The molecule has 0 aliphatic heterocycles. The second-order valence-corrected chi connectivity index (χ2v) is 2.99. The van der Waals surface area contributed by atoms with Gasteiger partial charge in [0, 0.05) is 0 Å². The number of phenols is 2. The zero-order chi connectivity index (χ0) is 9.46. The minimum Gasteiger partial charge on any atom is -0.508 e. The molecule has 0 bridgehead atoms. The van der Waals surface area contributed by atoms with Gasteiger partial charge in [-0.15, -0.1) is 0 Å². The number of aromatic hydroxyl groups is 2. The standard InChI is InChI=1S/C9H11BO2/c1-4-5(2)8(11)7(10)9(12)6(4)3/h11-12H,1-3H3. The van der Waals surface area contributed by atoms with E-state index in [0.29, 0.717) is 0 Å². The molecule has 12 heavy (non-hydrogen) atoms. The quantitative estimate of drug-likeness (QED) is 0.554. The van der Waals surface area contributed by atoms with Crippen LogP contribution in [0.2, 0.25) is 0 Å². The Morgan fingerprint density at radius 3 is 1.50 bits per heavy atom. The summed E-state index contributed by atoms with van der Waals surface area (Å²) in [4.78, 5) is 0. The van der Waals surface area contributed by atoms with Crippen LogP contribution >= 0.6 is 0 Å². The molecule has 0 saturated heterocycles. The van der Waals surface area contributed by atoms with Gasteiger partial charge in [0.1, 0.15) is 19.3 Å². The van der Waals surface area contributed by atoms with Crippen LogP contribution < -0.4 is 5.46 Å². The van der Waals surface area contributed by atoms with Crippen LogP contribution in [0.1, 0.15) is 16.7 Å². The van der Waals surface area contributed by atoms with Crippen molar-refractivity contribution in [3.05, 3.63) is 16.7 Å². The number of rotatable bonds is 0. The first-order valence-electron chi connectivity index (χ1n) is 3.74. The van der Waals surface area contributed by atoms with Crippen molar-refractivity contribution in [2.24, 2.45) is 0 Å². The van der Waals surface area contributed by atoms with E-state index in [-0.39, 0.29) is 17.0 Å². The van der Waals surface area contributed by atoms with E-state index < -0.39 is 0 Å². The van der Waals surface area contributed by atoms with Gasteiger partial charge in [-0.2, -0.15) is 0 Å². The number of benzene rings is 1. The average Bonchev–Trinajstić information content (AvgIpc) is 2.08. The van der Waals surface area contributed by atoms with Crippen LogP contribution in [-0.2, 0) is 0 Å². The summed E-state index contributed by atoms with van der Waals surface area (Å²) in [5, 5.41) is 18.8. The summed E-state index contributed by atoms with van der Waals surface area (Å²) in [7, 11) is 5.45. The fourth-order valence-electron chi connectivity index (χ4n) is 1.15. The van der Waals surface area contributed by atoms with E-state index in [9.17, 15) is 10.2 Å². The summed E-state index contributed by atoms with van der Waals surface area (Å²) in [6.07, 6.45) is 0. The maximum absolute atomic E-state index is 9.41. The summed E-state index contributed by atoms with van der Waals surface area (Å²) >= 11 is 0. The van der Waals surface area contributed by atoms with Crippen LogP contribution in [0.25, 0.3) is 0 Å². The number of phenolic OH excluding ortho intramolecular Hbond substituents is 2. The fraction of sp³-hybridized carbons (Fsp3) is 0.333. The van der Waals surface area contributed by atoms with Crippen molar-refractivity contribution in [1.82, 2.24) is 0 Å². The van der Waals surface area contributed by atoms with E-state index in [4.69, 9.17) is 7.85 Å². The Bertz CT molecular complexity index is 227. The van der Waals surface area contributed by atoms with Crippen molar-refractivity contribution in [3.8, 4) is 11.5 Å². The van der Waals surface area contributed by atoms with Gasteiger partial charge in [-0.05, 0) is 42.9 Å². The maximum Gasteiger partial charge on any atom is 0.124 e. The molecular weight excluding hydrogens is 151 g/mol. The molecule has 0 spiro atoms. The monoisotopic (exact) mass is 162 g/mol. The second-order valence-electron chi connectivity index (χ2n) is 2.99. The van der Waals surface area contributed by atoms with Gasteiger partial charge in [0.2, 0.25) is 0 Å². The smallest absolute Gasteiger partial charge is 0.124 e. The van der Waals surface area contributed by atoms with Crippen LogP contribution in [0.15, 0.2) is 0 Å². The van der Waals surface area contributed by atoms with Crippen molar-refractivity contribution in [1.29, 1.82) is 0 Å². The minimum absolute atomic E-state index is 0.0180. The second kappa shape index (κ2) is 2.74. The summed E-state index contributed by atoms with van der Waals surface area (Å²) in [5.74, 6) is -0.0359. The third kappa shape index (κ3) is 1.05. The van der Waals surface area contributed by atoms with E-state index in [2.05, 4.69) is 0 Å². The van der Waals surface area contributed by atoms with Crippen LogP contribution in [0, 0.1) is 20.8 Å². The predicted octanol–water partition coefficient (Wildman–Crippen LogP) is 0.817. The van der Waals surface area contributed by atoms with Gasteiger partial charge in [0.25, 0.3) is 0 Å². The number of hydrogen-bond donors (Lipinski definition) is 2. The third-order valence-corrected chi connectivity index (χ3v) is 2.35. The molecule has 2 radical (unpaired) electrons. The zero-order valence-electron chi connectivity index (χ0n) is 7.47. The largest absolute Gasteiger partial charge is 0.508 e. The molecule has 3 heteroatoms. The first-order chi connectivity index (χ1) is 5.46. The van der Waals surface area contributed by atoms with E-state index in [1.807, 2.05) is 6.92 Å². The maximum atomic E-state index is 9.41. The molecule has 1 aromatic rings. The van der Waals surface area contributed by atoms with Gasteiger partial charge in [0.15, 0.2) is 0 Å². The van der Waals surface area contributed by atoms with E-state index in [1.165, 1.54) is 0 Å². The molecule has 62 valence electrons. The van der Waals surface area contributed by atoms with Gasteiger partial charge in [0.05, 0.1) is 0 Å². The summed E-state index contributed by atoms with van der Waals surface area (Å²) < 4.78 is 0. The van der Waals surface area contributed by atoms with Gasteiger partial charge in [-0.1, -0.05) is 0 Å². The molecule has 1 rings (SSSR count). The molecule has 0 unspecified atom stereocenters. The molecule has 2 N–H and O–H groups in total. The Labute approximate surface area is 73.3 Å². The lowest BCUT2D eigenvalue weighted by Crippen LogP contribution is -2.08. The molecule has 0 aromatic heterocycles. The highest BCUT2D eigenvalue weighted by Gasteiger charge is 2.11. The highest BCUT2D eigenvalue weighted by atomic mass is 16.3. The van der Waals surface area contributed by atoms with Crippen molar-refractivity contribution < 1.29 is 10.2 Å². The lowest BCUT2D eigenvalue weighted by atomic mass is 9.87. The zero-order valence-corrected chi connectivity index (χ0v) is 7.47. The molecule has 2 nitrogen and oxygen atoms in total. The van der Waals surface area contributed by atoms with Crippen LogP contribution in [0.5, 0.6) is 11.5 Å². The molecule has 0 aliphatic carbocycles. The van der Waals surface area contributed by atoms with Crippen molar-refractivity contribution in [3.63, 3.8) is 0 Å². The van der Waals surface area contributed by atoms with Crippen molar-refractivity contribution in [2.75, 3.05) is 0 Å². The topological polar surface area (TPSA) is 40.5 Å². The Hall–Kier alpha value is -1.12. The summed E-state index contributed by atoms with van der Waals surface area (Å²) in [6, 6.07) is 0. The van der Waals surface area contributed by atoms with Crippen LogP contribution in [0.3, 0.4) is 0 Å². The van der Waals surface area contributed by atoms with E-state index in [1.54, 1.807) is 13.8 Å². The molecule has 0 atom stereocenters. The number of hydrogen-bond acceptors (Lipinski definition) is 2. The van der Waals surface area contributed by atoms with Gasteiger partial charge >= 0.3 is 0 Å². The van der Waals surface area contributed by atoms with E-state index >= 15 is 0 Å². The van der Waals surface area contributed by atoms with Crippen molar-refractivity contribution >= 4 is 13.3 Å². The SMILES string of the molecule is [B]c1c(O)c(C)c(C)c(C)c1O. The molecule has 0 aliphatic rings. The first kappa shape index (κ1) is 8.98. The third-order valence-electron chi connectivity index (χ3n) is 2.35. The van der Waals surface area contributed by atoms with E-state index in [0.717, 1.165) is 16.7 Å². The summed E-state index contributed by atoms with van der Waals surface area (Å²) in [6.45, 7) is 5.38. The van der Waals surface area contributed by atoms with Gasteiger partial charge in [-0.3, -0.25) is 0 Å². The predicted molar refractivity (Wildman–Crippen MR) is 49.4 cm³/mol. The average molecular weight is 162 g/mol. The molecular formula is C9H11BO2. The van der Waals surface area contributed by atoms with Crippen LogP contribution in [-0.4, -0.2) is 18.1 Å². The van der Waals surface area contributed by atoms with Crippen molar-refractivity contribution in [2.45, 2.75) is 20.8 Å². The lowest BCUT2D eigenvalue weighted by molar-refractivity contribution is 0.452. The molecule has 0 saturated carbocycles. The Kier molecular flexibility index (Phi) is 2.05. The lowest BCUT2D eigenvalue weighted by Gasteiger charge is -2.12. The normalized spacial score (nSPS) is 10.2. The minimum atomic E-state index is -0.0180. The molecule has 0 fully saturated rings. The summed E-state index contributed by atoms with van der Waals surface area (Å²) in [5.41, 5.74) is 2.39. The fourth-order valence-corrected chi connectivity index (χ4v) is 1.15.